The van der Waals surface area contributed by atoms with Gasteiger partial charge in [-0.25, -0.2) is 8.78 Å². The van der Waals surface area contributed by atoms with Gasteiger partial charge in [-0.2, -0.15) is 9.13 Å². The van der Waals surface area contributed by atoms with Gasteiger partial charge >= 0.3 is 0 Å². The third-order valence-electron chi connectivity index (χ3n) is 5.10. The molecule has 0 amide bonds. The molecule has 0 spiro atoms. The molecule has 0 aliphatic carbocycles. The monoisotopic (exact) mass is 590 g/mol. The molecule has 0 radical (unpaired) electrons. The number of hydrogen-bond acceptors (Lipinski definition) is 2. The number of halogens is 4. The van der Waals surface area contributed by atoms with Gasteiger partial charge in [0.2, 0.25) is 24.7 Å². The molecular formula is C26H22Br2F2N2O2+2. The van der Waals surface area contributed by atoms with E-state index >= 15 is 0 Å². The molecule has 0 bridgehead atoms. The highest BCUT2D eigenvalue weighted by molar-refractivity contribution is 8.93. The first-order valence-electron chi connectivity index (χ1n) is 10.0. The van der Waals surface area contributed by atoms with Crippen LogP contribution in [0.15, 0.2) is 97.6 Å². The summed E-state index contributed by atoms with van der Waals surface area (Å²) in [6.45, 7) is 0.318. The van der Waals surface area contributed by atoms with Crippen LogP contribution >= 0.6 is 34.0 Å². The van der Waals surface area contributed by atoms with Gasteiger partial charge in [-0.3, -0.25) is 9.59 Å². The van der Waals surface area contributed by atoms with E-state index in [9.17, 15) is 18.4 Å². The molecule has 34 heavy (non-hydrogen) atoms. The summed E-state index contributed by atoms with van der Waals surface area (Å²) in [5.41, 5.74) is 2.86. The number of benzene rings is 2. The van der Waals surface area contributed by atoms with E-state index in [0.717, 1.165) is 11.1 Å². The zero-order valence-electron chi connectivity index (χ0n) is 17.9. The number of carbonyl (C=O) groups excluding carboxylic acids is 2. The summed E-state index contributed by atoms with van der Waals surface area (Å²) in [6, 6.07) is 18.6. The van der Waals surface area contributed by atoms with Crippen molar-refractivity contribution in [1.29, 1.82) is 0 Å². The molecule has 8 heteroatoms. The van der Waals surface area contributed by atoms with Crippen molar-refractivity contribution in [2.24, 2.45) is 0 Å². The molecule has 2 aromatic heterocycles. The third kappa shape index (κ3) is 6.95. The average Bonchev–Trinajstić information content (AvgIpc) is 2.81. The fourth-order valence-corrected chi connectivity index (χ4v) is 3.30. The van der Waals surface area contributed by atoms with Crippen LogP contribution in [0.2, 0.25) is 0 Å². The maximum atomic E-state index is 13.0. The van der Waals surface area contributed by atoms with Crippen LogP contribution < -0.4 is 9.13 Å². The van der Waals surface area contributed by atoms with E-state index in [1.807, 2.05) is 49.1 Å². The van der Waals surface area contributed by atoms with Crippen LogP contribution in [0.25, 0.3) is 11.1 Å². The Hall–Kier alpha value is -3.10. The van der Waals surface area contributed by atoms with Crippen LogP contribution in [-0.2, 0) is 13.1 Å². The van der Waals surface area contributed by atoms with Gasteiger partial charge in [-0.1, -0.05) is 0 Å². The van der Waals surface area contributed by atoms with Crippen molar-refractivity contribution in [2.75, 3.05) is 0 Å². The normalized spacial score (nSPS) is 10.1. The number of pyridine rings is 2. The number of ketones is 2. The maximum absolute atomic E-state index is 13.0. The summed E-state index contributed by atoms with van der Waals surface area (Å²) in [5.74, 6) is -0.950. The summed E-state index contributed by atoms with van der Waals surface area (Å²) >= 11 is 0. The van der Waals surface area contributed by atoms with Crippen molar-refractivity contribution in [2.45, 2.75) is 13.1 Å². The third-order valence-corrected chi connectivity index (χ3v) is 5.10. The van der Waals surface area contributed by atoms with E-state index in [1.165, 1.54) is 48.5 Å². The van der Waals surface area contributed by atoms with Crippen LogP contribution in [0.3, 0.4) is 0 Å². The van der Waals surface area contributed by atoms with E-state index < -0.39 is 0 Å². The van der Waals surface area contributed by atoms with Gasteiger partial charge in [0.05, 0.1) is 0 Å². The molecule has 0 saturated carbocycles. The number of aromatic nitrogens is 2. The lowest BCUT2D eigenvalue weighted by Crippen LogP contribution is -2.37. The molecule has 2 heterocycles. The van der Waals surface area contributed by atoms with Crippen LogP contribution in [0.5, 0.6) is 0 Å². The molecule has 0 aliphatic heterocycles. The minimum atomic E-state index is -0.373. The molecule has 0 saturated heterocycles. The molecular weight excluding hydrogens is 570 g/mol. The number of carbonyl (C=O) groups is 2. The molecule has 0 atom stereocenters. The predicted octanol–water partition coefficient (Wildman–Crippen LogP) is 5.13. The number of nitrogens with zero attached hydrogens (tertiary/aromatic N) is 2. The largest absolute Gasteiger partial charge is 0.287 e. The Kier molecular flexibility index (Phi) is 9.89. The van der Waals surface area contributed by atoms with Crippen molar-refractivity contribution in [3.8, 4) is 11.1 Å². The van der Waals surface area contributed by atoms with Crippen molar-refractivity contribution in [1.82, 2.24) is 0 Å². The number of hydrogen-bond donors (Lipinski definition) is 0. The van der Waals surface area contributed by atoms with Gasteiger partial charge in [0.25, 0.3) is 0 Å². The molecule has 0 N–H and O–H groups in total. The van der Waals surface area contributed by atoms with Gasteiger partial charge in [0.15, 0.2) is 24.8 Å². The van der Waals surface area contributed by atoms with E-state index in [0.29, 0.717) is 11.1 Å². The van der Waals surface area contributed by atoms with Crippen LogP contribution in [0.4, 0.5) is 8.78 Å². The van der Waals surface area contributed by atoms with Gasteiger partial charge in [-0.05, 0) is 59.7 Å². The Morgan fingerprint density at radius 2 is 0.824 bits per heavy atom. The zero-order valence-corrected chi connectivity index (χ0v) is 21.4. The van der Waals surface area contributed by atoms with Gasteiger partial charge in [0.1, 0.15) is 11.6 Å². The van der Waals surface area contributed by atoms with Crippen molar-refractivity contribution >= 4 is 45.5 Å². The van der Waals surface area contributed by atoms with Crippen molar-refractivity contribution in [3.63, 3.8) is 0 Å². The minimum Gasteiger partial charge on any atom is -0.287 e. The second-order valence-electron chi connectivity index (χ2n) is 7.38. The molecule has 174 valence electrons. The molecule has 4 aromatic rings. The highest BCUT2D eigenvalue weighted by Crippen LogP contribution is 2.16. The molecule has 2 aromatic carbocycles. The summed E-state index contributed by atoms with van der Waals surface area (Å²) < 4.78 is 29.6. The van der Waals surface area contributed by atoms with E-state index in [1.54, 1.807) is 9.13 Å². The number of Topliss-reactive ketones (excluding diaryl/α,β-unsaturated/α-hetero) is 2. The Morgan fingerprint density at radius 3 is 1.12 bits per heavy atom. The highest BCUT2D eigenvalue weighted by Gasteiger charge is 2.14. The van der Waals surface area contributed by atoms with E-state index in [2.05, 4.69) is 0 Å². The lowest BCUT2D eigenvalue weighted by molar-refractivity contribution is -0.683. The first-order valence-corrected chi connectivity index (χ1v) is 10.0. The molecule has 0 aliphatic rings. The number of rotatable bonds is 7. The first-order chi connectivity index (χ1) is 15.5. The van der Waals surface area contributed by atoms with Crippen molar-refractivity contribution in [3.05, 3.63) is 120 Å². The highest BCUT2D eigenvalue weighted by atomic mass is 79.9. The minimum absolute atomic E-state index is 0. The first kappa shape index (κ1) is 27.1. The summed E-state index contributed by atoms with van der Waals surface area (Å²) in [7, 11) is 0. The summed E-state index contributed by atoms with van der Waals surface area (Å²) in [5, 5.41) is 0. The van der Waals surface area contributed by atoms with Crippen LogP contribution in [-0.4, -0.2) is 11.6 Å². The fraction of sp³-hybridized carbons (Fsp3) is 0.0769. The SMILES string of the molecule is Br.Br.O=C(C[n+]1ccc(-c2cc[n+](CC(=O)c3ccc(F)cc3)cc2)cc1)c1ccc(F)cc1. The predicted molar refractivity (Wildman–Crippen MR) is 134 cm³/mol. The van der Waals surface area contributed by atoms with Crippen LogP contribution in [0, 0.1) is 11.6 Å². The van der Waals surface area contributed by atoms with E-state index in [4.69, 9.17) is 0 Å². The lowest BCUT2D eigenvalue weighted by atomic mass is 10.1. The second kappa shape index (κ2) is 12.4. The fourth-order valence-electron chi connectivity index (χ4n) is 3.30. The second-order valence-corrected chi connectivity index (χ2v) is 7.38. The molecule has 0 fully saturated rings. The smallest absolute Gasteiger partial charge is 0.227 e. The van der Waals surface area contributed by atoms with Gasteiger partial charge < -0.3 is 0 Å². The molecule has 4 rings (SSSR count). The zero-order chi connectivity index (χ0) is 22.5. The topological polar surface area (TPSA) is 41.9 Å². The quantitative estimate of drug-likeness (QED) is 0.221. The van der Waals surface area contributed by atoms with Gasteiger partial charge in [0, 0.05) is 35.4 Å². The Balaban J connectivity index is 0.00000204. The summed E-state index contributed by atoms with van der Waals surface area (Å²) in [6.07, 6.45) is 7.26. The van der Waals surface area contributed by atoms with Crippen LogP contribution in [0.1, 0.15) is 20.7 Å². The Morgan fingerprint density at radius 1 is 0.529 bits per heavy atom. The van der Waals surface area contributed by atoms with E-state index in [-0.39, 0.29) is 70.3 Å². The lowest BCUT2D eigenvalue weighted by Gasteiger charge is -2.02. The maximum Gasteiger partial charge on any atom is 0.227 e. The van der Waals surface area contributed by atoms with Crippen molar-refractivity contribution < 1.29 is 27.5 Å². The standard InChI is InChI=1S/C26H20F2N2O2.2BrH/c27-23-5-1-21(2-6-23)25(31)17-29-13-9-19(10-14-29)20-11-15-30(16-12-20)18-26(32)22-3-7-24(28)8-4-22;;/h1-16H,17-18H2;2*1H/q+2;;. The Bertz CT molecular complexity index is 1150. The average molecular weight is 592 g/mol. The molecule has 0 unspecified atom stereocenters. The summed E-state index contributed by atoms with van der Waals surface area (Å²) in [4.78, 5) is 24.7. The van der Waals surface area contributed by atoms with Gasteiger partial charge in [-0.15, -0.1) is 34.0 Å². The molecule has 4 nitrogen and oxygen atoms in total. The Labute approximate surface area is 217 Å².